The zero-order valence-electron chi connectivity index (χ0n) is 12.4. The summed E-state index contributed by atoms with van der Waals surface area (Å²) in [4.78, 5) is 37.1. The fourth-order valence-corrected chi connectivity index (χ4v) is 3.23. The highest BCUT2D eigenvalue weighted by atomic mass is 32.1. The largest absolute Gasteiger partial charge is 0.344 e. The summed E-state index contributed by atoms with van der Waals surface area (Å²) >= 11 is 1.36. The minimum Gasteiger partial charge on any atom is -0.318 e. The number of amides is 4. The number of hydrazine groups is 1. The topological polar surface area (TPSA) is 78.5 Å². The Morgan fingerprint density at radius 3 is 2.61 bits per heavy atom. The van der Waals surface area contributed by atoms with E-state index in [1.54, 1.807) is 41.1 Å². The molecule has 3 rings (SSSR count). The lowest BCUT2D eigenvalue weighted by Crippen LogP contribution is -2.48. The number of carbonyl (C=O) groups is 3. The van der Waals surface area contributed by atoms with Gasteiger partial charge in [-0.1, -0.05) is 37.3 Å². The fourth-order valence-electron chi connectivity index (χ4n) is 2.60. The number of hydrogen-bond acceptors (Lipinski definition) is 4. The number of thiophene rings is 1. The van der Waals surface area contributed by atoms with Crippen molar-refractivity contribution in [3.05, 3.63) is 58.3 Å². The summed E-state index contributed by atoms with van der Waals surface area (Å²) in [6, 6.07) is 10.0. The van der Waals surface area contributed by atoms with Crippen LogP contribution in [-0.2, 0) is 10.3 Å². The van der Waals surface area contributed by atoms with Crippen molar-refractivity contribution in [2.75, 3.05) is 0 Å². The van der Waals surface area contributed by atoms with E-state index in [0.29, 0.717) is 17.5 Å². The highest BCUT2D eigenvalue weighted by molar-refractivity contribution is 7.08. The van der Waals surface area contributed by atoms with E-state index in [1.165, 1.54) is 11.3 Å². The first-order valence-corrected chi connectivity index (χ1v) is 8.08. The lowest BCUT2D eigenvalue weighted by Gasteiger charge is -2.25. The van der Waals surface area contributed by atoms with Crippen LogP contribution in [0.15, 0.2) is 47.2 Å². The van der Waals surface area contributed by atoms with E-state index in [-0.39, 0.29) is 0 Å². The van der Waals surface area contributed by atoms with Gasteiger partial charge < -0.3 is 5.32 Å². The summed E-state index contributed by atoms with van der Waals surface area (Å²) in [5.41, 5.74) is 2.32. The molecule has 7 heteroatoms. The third-order valence-corrected chi connectivity index (χ3v) is 4.57. The smallest absolute Gasteiger partial charge is 0.318 e. The molecule has 1 fully saturated rings. The lowest BCUT2D eigenvalue weighted by atomic mass is 9.87. The molecule has 23 heavy (non-hydrogen) atoms. The van der Waals surface area contributed by atoms with E-state index in [2.05, 4.69) is 10.7 Å². The molecular weight excluding hydrogens is 314 g/mol. The summed E-state index contributed by atoms with van der Waals surface area (Å²) in [7, 11) is 0. The number of nitrogens with zero attached hydrogens (tertiary/aromatic N) is 1. The minimum atomic E-state index is -1.15. The average molecular weight is 329 g/mol. The van der Waals surface area contributed by atoms with Crippen LogP contribution in [0.1, 0.15) is 29.3 Å². The molecule has 0 saturated carbocycles. The Morgan fingerprint density at radius 2 is 2.00 bits per heavy atom. The van der Waals surface area contributed by atoms with Crippen LogP contribution >= 0.6 is 11.3 Å². The molecule has 1 aromatic heterocycles. The van der Waals surface area contributed by atoms with E-state index in [1.807, 2.05) is 13.0 Å². The van der Waals surface area contributed by atoms with Crippen LogP contribution in [0.2, 0.25) is 0 Å². The van der Waals surface area contributed by atoms with Crippen molar-refractivity contribution in [1.29, 1.82) is 0 Å². The van der Waals surface area contributed by atoms with Crippen LogP contribution in [0.4, 0.5) is 4.79 Å². The van der Waals surface area contributed by atoms with E-state index >= 15 is 0 Å². The maximum atomic E-state index is 12.8. The molecular formula is C16H15N3O3S. The second-order valence-electron chi connectivity index (χ2n) is 5.15. The van der Waals surface area contributed by atoms with Gasteiger partial charge in [0.25, 0.3) is 11.8 Å². The predicted octanol–water partition coefficient (Wildman–Crippen LogP) is 2.25. The van der Waals surface area contributed by atoms with Crippen LogP contribution in [0.5, 0.6) is 0 Å². The van der Waals surface area contributed by atoms with E-state index in [4.69, 9.17) is 0 Å². The van der Waals surface area contributed by atoms with Crippen LogP contribution < -0.4 is 10.7 Å². The van der Waals surface area contributed by atoms with Gasteiger partial charge in [0.15, 0.2) is 0 Å². The zero-order valence-corrected chi connectivity index (χ0v) is 13.2. The number of benzene rings is 1. The third kappa shape index (κ3) is 2.49. The molecule has 0 unspecified atom stereocenters. The molecule has 1 aromatic carbocycles. The Balaban J connectivity index is 1.89. The Hall–Kier alpha value is -2.67. The number of hydrogen-bond donors (Lipinski definition) is 2. The predicted molar refractivity (Wildman–Crippen MR) is 85.6 cm³/mol. The molecule has 1 aliphatic rings. The van der Waals surface area contributed by atoms with Crippen LogP contribution in [-0.4, -0.2) is 22.9 Å². The van der Waals surface area contributed by atoms with Crippen LogP contribution in [0.3, 0.4) is 0 Å². The van der Waals surface area contributed by atoms with E-state index in [9.17, 15) is 14.4 Å². The highest BCUT2D eigenvalue weighted by Crippen LogP contribution is 2.31. The molecule has 118 valence electrons. The second-order valence-corrected chi connectivity index (χ2v) is 5.93. The van der Waals surface area contributed by atoms with Crippen molar-refractivity contribution in [2.45, 2.75) is 18.9 Å². The number of urea groups is 1. The number of nitrogens with one attached hydrogen (secondary N) is 2. The first-order chi connectivity index (χ1) is 11.1. The van der Waals surface area contributed by atoms with Crippen molar-refractivity contribution in [3.8, 4) is 0 Å². The molecule has 1 saturated heterocycles. The molecule has 1 aliphatic heterocycles. The maximum absolute atomic E-state index is 12.8. The van der Waals surface area contributed by atoms with Gasteiger partial charge in [-0.25, -0.2) is 4.79 Å². The van der Waals surface area contributed by atoms with Gasteiger partial charge in [-0.05, 0) is 23.4 Å². The van der Waals surface area contributed by atoms with Crippen molar-refractivity contribution >= 4 is 29.2 Å². The van der Waals surface area contributed by atoms with Gasteiger partial charge in [0.2, 0.25) is 0 Å². The Bertz CT molecular complexity index is 745. The first-order valence-electron chi connectivity index (χ1n) is 7.14. The quantitative estimate of drug-likeness (QED) is 0.845. The Morgan fingerprint density at radius 1 is 1.26 bits per heavy atom. The van der Waals surface area contributed by atoms with E-state index in [0.717, 1.165) is 5.01 Å². The molecule has 0 bridgehead atoms. The second kappa shape index (κ2) is 5.85. The van der Waals surface area contributed by atoms with E-state index < -0.39 is 23.4 Å². The molecule has 0 aliphatic carbocycles. The van der Waals surface area contributed by atoms with Gasteiger partial charge in [-0.15, -0.1) is 0 Å². The summed E-state index contributed by atoms with van der Waals surface area (Å²) in [6.45, 7) is 1.81. The standard InChI is InChI=1S/C16H15N3O3S/c1-2-16(12-6-4-3-5-7-12)14(21)19(15(22)17-16)18-13(20)11-8-9-23-10-11/h3-10H,2H2,1H3,(H,17,22)(H,18,20)/t16-/m0/s1. The summed E-state index contributed by atoms with van der Waals surface area (Å²) < 4.78 is 0. The molecule has 2 aromatic rings. The molecule has 1 atom stereocenters. The molecule has 0 spiro atoms. The van der Waals surface area contributed by atoms with Gasteiger partial charge in [0, 0.05) is 5.38 Å². The van der Waals surface area contributed by atoms with Crippen molar-refractivity contribution in [1.82, 2.24) is 15.8 Å². The van der Waals surface area contributed by atoms with Crippen molar-refractivity contribution in [3.63, 3.8) is 0 Å². The average Bonchev–Trinajstić information content (AvgIpc) is 3.19. The third-order valence-electron chi connectivity index (χ3n) is 3.89. The normalized spacial score (nSPS) is 20.5. The van der Waals surface area contributed by atoms with Crippen molar-refractivity contribution in [2.24, 2.45) is 0 Å². The molecule has 0 radical (unpaired) electrons. The summed E-state index contributed by atoms with van der Waals surface area (Å²) in [5.74, 6) is -0.977. The molecule has 6 nitrogen and oxygen atoms in total. The van der Waals surface area contributed by atoms with Crippen LogP contribution in [0, 0.1) is 0 Å². The molecule has 2 heterocycles. The van der Waals surface area contributed by atoms with Gasteiger partial charge >= 0.3 is 6.03 Å². The van der Waals surface area contributed by atoms with Crippen molar-refractivity contribution < 1.29 is 14.4 Å². The highest BCUT2D eigenvalue weighted by Gasteiger charge is 2.52. The molecule has 2 N–H and O–H groups in total. The van der Waals surface area contributed by atoms with Gasteiger partial charge in [-0.3, -0.25) is 15.0 Å². The monoisotopic (exact) mass is 329 g/mol. The number of imide groups is 1. The SMILES string of the molecule is CC[C@@]1(c2ccccc2)NC(=O)N(NC(=O)c2ccsc2)C1=O. The summed E-state index contributed by atoms with van der Waals surface area (Å²) in [6.07, 6.45) is 0.381. The summed E-state index contributed by atoms with van der Waals surface area (Å²) in [5, 5.41) is 6.87. The zero-order chi connectivity index (χ0) is 16.4. The molecule has 4 amide bonds. The minimum absolute atomic E-state index is 0.381. The van der Waals surface area contributed by atoms with Gasteiger partial charge in [-0.2, -0.15) is 16.3 Å². The van der Waals surface area contributed by atoms with Gasteiger partial charge in [0.05, 0.1) is 5.56 Å². The van der Waals surface area contributed by atoms with Crippen LogP contribution in [0.25, 0.3) is 0 Å². The number of rotatable bonds is 4. The Kier molecular flexibility index (Phi) is 3.87. The number of carbonyl (C=O) groups excluding carboxylic acids is 3. The first kappa shape index (κ1) is 15.2. The van der Waals surface area contributed by atoms with Gasteiger partial charge in [0.1, 0.15) is 5.54 Å². The lowest BCUT2D eigenvalue weighted by molar-refractivity contribution is -0.133. The maximum Gasteiger partial charge on any atom is 0.344 e. The Labute approximate surface area is 137 Å². The fraction of sp³-hybridized carbons (Fsp3) is 0.188.